The van der Waals surface area contributed by atoms with Crippen LogP contribution in [-0.2, 0) is 11.2 Å². The summed E-state index contributed by atoms with van der Waals surface area (Å²) in [5, 5.41) is 0. The molecule has 1 aromatic heterocycles. The summed E-state index contributed by atoms with van der Waals surface area (Å²) in [4.78, 5) is 34.9. The number of likely N-dealkylation sites (tertiary alicyclic amines) is 2. The first-order valence-electron chi connectivity index (χ1n) is 11.0. The van der Waals surface area contributed by atoms with E-state index in [2.05, 4.69) is 33.8 Å². The Morgan fingerprint density at radius 1 is 1.17 bits per heavy atom. The van der Waals surface area contributed by atoms with Crippen molar-refractivity contribution in [2.45, 2.75) is 77.0 Å². The second kappa shape index (κ2) is 6.96. The van der Waals surface area contributed by atoms with Crippen LogP contribution in [-0.4, -0.2) is 50.8 Å². The first-order valence-corrected chi connectivity index (χ1v) is 11.0. The van der Waals surface area contributed by atoms with Crippen molar-refractivity contribution in [1.82, 2.24) is 14.8 Å². The van der Waals surface area contributed by atoms with E-state index in [1.165, 1.54) is 12.0 Å². The zero-order valence-corrected chi connectivity index (χ0v) is 17.9. The minimum Gasteiger partial charge on any atom is -0.438 e. The number of aromatic nitrogens is 1. The molecule has 6 nitrogen and oxygen atoms in total. The third-order valence-corrected chi connectivity index (χ3v) is 7.78. The lowest BCUT2D eigenvalue weighted by atomic mass is 9.64. The van der Waals surface area contributed by atoms with E-state index in [9.17, 15) is 9.59 Å². The van der Waals surface area contributed by atoms with Gasteiger partial charge in [0.1, 0.15) is 0 Å². The smallest absolute Gasteiger partial charge is 0.292 e. The van der Waals surface area contributed by atoms with Crippen LogP contribution in [0.5, 0.6) is 0 Å². The number of aryl methyl sites for hydroxylation is 1. The van der Waals surface area contributed by atoms with Gasteiger partial charge in [-0.15, -0.1) is 0 Å². The summed E-state index contributed by atoms with van der Waals surface area (Å²) >= 11 is 0. The summed E-state index contributed by atoms with van der Waals surface area (Å²) in [7, 11) is 0. The SMILES string of the molecule is CC(=O)N1[C@@H](Cc2ccccc2)[C@@H]2C[C@@]3(C)[C@H](CCC[C@@H]13)N2C(=O)c1ocnc1C. The highest BCUT2D eigenvalue weighted by atomic mass is 16.3. The van der Waals surface area contributed by atoms with Gasteiger partial charge in [-0.25, -0.2) is 4.98 Å². The van der Waals surface area contributed by atoms with Crippen LogP contribution in [0.1, 0.15) is 61.3 Å². The van der Waals surface area contributed by atoms with E-state index in [1.807, 2.05) is 25.1 Å². The quantitative estimate of drug-likeness (QED) is 0.780. The van der Waals surface area contributed by atoms with Gasteiger partial charge >= 0.3 is 0 Å². The molecule has 158 valence electrons. The highest BCUT2D eigenvalue weighted by Crippen LogP contribution is 2.56. The summed E-state index contributed by atoms with van der Waals surface area (Å²) < 4.78 is 5.50. The van der Waals surface area contributed by atoms with Crippen molar-refractivity contribution in [3.63, 3.8) is 0 Å². The normalized spacial score (nSPS) is 32.4. The number of hydrogen-bond acceptors (Lipinski definition) is 4. The number of benzene rings is 1. The van der Waals surface area contributed by atoms with Gasteiger partial charge in [0.15, 0.2) is 6.39 Å². The maximum Gasteiger partial charge on any atom is 0.292 e. The molecular weight excluding hydrogens is 378 g/mol. The monoisotopic (exact) mass is 407 g/mol. The minimum atomic E-state index is -0.0780. The van der Waals surface area contributed by atoms with E-state index < -0.39 is 0 Å². The van der Waals surface area contributed by atoms with Crippen molar-refractivity contribution in [3.05, 3.63) is 53.7 Å². The number of piperidine rings is 1. The second-order valence-corrected chi connectivity index (χ2v) is 9.40. The lowest BCUT2D eigenvalue weighted by Crippen LogP contribution is -2.62. The Labute approximate surface area is 177 Å². The van der Waals surface area contributed by atoms with E-state index in [0.29, 0.717) is 11.5 Å². The zero-order chi connectivity index (χ0) is 21.0. The molecule has 0 N–H and O–H groups in total. The van der Waals surface area contributed by atoms with Crippen molar-refractivity contribution in [2.75, 3.05) is 0 Å². The van der Waals surface area contributed by atoms with Crippen molar-refractivity contribution in [2.24, 2.45) is 5.41 Å². The maximum absolute atomic E-state index is 13.7. The van der Waals surface area contributed by atoms with Crippen LogP contribution >= 0.6 is 0 Å². The Kier molecular flexibility index (Phi) is 4.49. The molecule has 0 spiro atoms. The molecule has 3 fully saturated rings. The predicted molar refractivity (Wildman–Crippen MR) is 112 cm³/mol. The van der Waals surface area contributed by atoms with Gasteiger partial charge in [-0.05, 0) is 44.6 Å². The topological polar surface area (TPSA) is 66.7 Å². The fraction of sp³-hybridized carbons (Fsp3) is 0.542. The number of hydrogen-bond donors (Lipinski definition) is 0. The van der Waals surface area contributed by atoms with E-state index in [0.717, 1.165) is 32.1 Å². The molecule has 1 saturated carbocycles. The summed E-state index contributed by atoms with van der Waals surface area (Å²) in [6.45, 7) is 5.78. The fourth-order valence-electron chi connectivity index (χ4n) is 6.55. The van der Waals surface area contributed by atoms with E-state index in [1.54, 1.807) is 6.92 Å². The zero-order valence-electron chi connectivity index (χ0n) is 17.9. The van der Waals surface area contributed by atoms with Crippen molar-refractivity contribution in [3.8, 4) is 0 Å². The molecule has 0 radical (unpaired) electrons. The van der Waals surface area contributed by atoms with E-state index >= 15 is 0 Å². The fourth-order valence-corrected chi connectivity index (χ4v) is 6.55. The molecule has 1 aromatic carbocycles. The Bertz CT molecular complexity index is 971. The summed E-state index contributed by atoms with van der Waals surface area (Å²) in [5.74, 6) is 0.372. The minimum absolute atomic E-state index is 0.0181. The number of rotatable bonds is 3. The van der Waals surface area contributed by atoms with Gasteiger partial charge in [0.25, 0.3) is 5.91 Å². The third kappa shape index (κ3) is 2.72. The van der Waals surface area contributed by atoms with Crippen LogP contribution in [0.15, 0.2) is 41.1 Å². The van der Waals surface area contributed by atoms with Crippen molar-refractivity contribution >= 4 is 11.8 Å². The molecule has 5 rings (SSSR count). The average Bonchev–Trinajstić information content (AvgIpc) is 3.28. The number of carbonyl (C=O) groups is 2. The molecule has 2 aliphatic heterocycles. The molecule has 2 amide bonds. The van der Waals surface area contributed by atoms with Crippen molar-refractivity contribution in [1.29, 1.82) is 0 Å². The first kappa shape index (κ1) is 19.3. The van der Waals surface area contributed by atoms with Crippen LogP contribution in [0.3, 0.4) is 0 Å². The molecule has 30 heavy (non-hydrogen) atoms. The van der Waals surface area contributed by atoms with E-state index in [4.69, 9.17) is 4.42 Å². The maximum atomic E-state index is 13.7. The standard InChI is InChI=1S/C24H29N3O3/c1-15-22(30-14-25-15)23(29)27-19-13-24(3)20(10-7-11-21(24)27)26(16(2)28)18(19)12-17-8-5-4-6-9-17/h4-6,8-9,14,18-21H,7,10-13H2,1-3H3/t18-,19-,20+,21-,24+/m0/s1. The molecule has 2 bridgehead atoms. The highest BCUT2D eigenvalue weighted by molar-refractivity contribution is 5.93. The molecule has 5 atom stereocenters. The van der Waals surface area contributed by atoms with Gasteiger partial charge in [0, 0.05) is 24.4 Å². The number of nitrogens with zero attached hydrogens (tertiary/aromatic N) is 3. The molecule has 0 unspecified atom stereocenters. The molecule has 2 aromatic rings. The van der Waals surface area contributed by atoms with E-state index in [-0.39, 0.29) is 41.4 Å². The Morgan fingerprint density at radius 2 is 1.87 bits per heavy atom. The largest absolute Gasteiger partial charge is 0.438 e. The van der Waals surface area contributed by atoms with Crippen LogP contribution in [0.25, 0.3) is 0 Å². The van der Waals surface area contributed by atoms with Crippen molar-refractivity contribution < 1.29 is 14.0 Å². The van der Waals surface area contributed by atoms with Gasteiger partial charge in [-0.2, -0.15) is 0 Å². The van der Waals surface area contributed by atoms with Crippen LogP contribution in [0.4, 0.5) is 0 Å². The lowest BCUT2D eigenvalue weighted by Gasteiger charge is -2.52. The second-order valence-electron chi connectivity index (χ2n) is 9.40. The van der Waals surface area contributed by atoms with Crippen LogP contribution < -0.4 is 0 Å². The first-order chi connectivity index (χ1) is 14.4. The third-order valence-electron chi connectivity index (χ3n) is 7.78. The summed E-state index contributed by atoms with van der Waals surface area (Å²) in [6, 6.07) is 10.6. The molecular formula is C24H29N3O3. The Hall–Kier alpha value is -2.63. The Balaban J connectivity index is 1.60. The summed E-state index contributed by atoms with van der Waals surface area (Å²) in [6.07, 6.45) is 6.05. The van der Waals surface area contributed by atoms with Gasteiger partial charge in [0.2, 0.25) is 11.7 Å². The van der Waals surface area contributed by atoms with Gasteiger partial charge in [0.05, 0.1) is 17.8 Å². The van der Waals surface area contributed by atoms with Gasteiger partial charge in [-0.3, -0.25) is 9.59 Å². The highest BCUT2D eigenvalue weighted by Gasteiger charge is 2.64. The summed E-state index contributed by atoms with van der Waals surface area (Å²) in [5.41, 5.74) is 1.75. The average molecular weight is 408 g/mol. The number of amides is 2. The molecule has 3 aliphatic rings. The number of oxazole rings is 1. The number of fused-ring (bicyclic) bond motifs is 1. The predicted octanol–water partition coefficient (Wildman–Crippen LogP) is 3.60. The van der Waals surface area contributed by atoms with Gasteiger partial charge in [-0.1, -0.05) is 37.3 Å². The number of carbonyl (C=O) groups excluding carboxylic acids is 2. The Morgan fingerprint density at radius 3 is 2.50 bits per heavy atom. The van der Waals surface area contributed by atoms with Crippen LogP contribution in [0, 0.1) is 12.3 Å². The van der Waals surface area contributed by atoms with Crippen LogP contribution in [0.2, 0.25) is 0 Å². The van der Waals surface area contributed by atoms with Gasteiger partial charge < -0.3 is 14.2 Å². The molecule has 2 saturated heterocycles. The molecule has 3 heterocycles. The molecule has 6 heteroatoms. The lowest BCUT2D eigenvalue weighted by molar-refractivity contribution is -0.142. The molecule has 1 aliphatic carbocycles.